The second kappa shape index (κ2) is 8.04. The number of anilines is 1. The molecule has 5 rings (SSSR count). The van der Waals surface area contributed by atoms with Gasteiger partial charge in [0.2, 0.25) is 0 Å². The number of hydrogen-bond acceptors (Lipinski definition) is 8. The Labute approximate surface area is 174 Å². The van der Waals surface area contributed by atoms with Crippen LogP contribution in [0.15, 0.2) is 41.0 Å². The maximum atomic E-state index is 11.7. The van der Waals surface area contributed by atoms with Crippen LogP contribution < -0.4 is 4.90 Å². The first-order valence-electron chi connectivity index (χ1n) is 10.2. The summed E-state index contributed by atoms with van der Waals surface area (Å²) in [4.78, 5) is 16.5. The Morgan fingerprint density at radius 3 is 2.60 bits per heavy atom. The van der Waals surface area contributed by atoms with Crippen LogP contribution in [-0.4, -0.2) is 74.2 Å². The van der Waals surface area contributed by atoms with Crippen molar-refractivity contribution in [3.8, 4) is 11.1 Å². The van der Waals surface area contributed by atoms with Gasteiger partial charge in [0.1, 0.15) is 5.52 Å². The number of carbonyl (C=O) groups is 1. The summed E-state index contributed by atoms with van der Waals surface area (Å²) in [5.41, 5.74) is 5.10. The average molecular weight is 408 g/mol. The van der Waals surface area contributed by atoms with Gasteiger partial charge in [0.15, 0.2) is 5.52 Å². The molecule has 0 radical (unpaired) electrons. The number of nitrogens with zero attached hydrogens (tertiary/aromatic N) is 4. The standard InChI is InChI=1S/C22H24N4O4/c1-28-22(27)17-4-2-16(3-5-17)18-10-19-21(24-30-23-19)20(11-18)26-13-15(14-26)12-25-6-8-29-9-7-25/h2-5,10-11,15H,6-9,12-14H2,1H3. The molecule has 0 N–H and O–H groups in total. The Morgan fingerprint density at radius 2 is 1.87 bits per heavy atom. The molecular formula is C22H24N4O4. The summed E-state index contributed by atoms with van der Waals surface area (Å²) in [5, 5.41) is 8.20. The Kier molecular flexibility index (Phi) is 5.10. The number of esters is 1. The molecule has 0 unspecified atom stereocenters. The predicted molar refractivity (Wildman–Crippen MR) is 112 cm³/mol. The summed E-state index contributed by atoms with van der Waals surface area (Å²) in [6.45, 7) is 6.79. The van der Waals surface area contributed by atoms with E-state index in [0.29, 0.717) is 11.5 Å². The Balaban J connectivity index is 1.36. The smallest absolute Gasteiger partial charge is 0.337 e. The minimum absolute atomic E-state index is 0.342. The number of aromatic nitrogens is 2. The molecule has 2 aromatic carbocycles. The number of morpholine rings is 1. The second-order valence-corrected chi connectivity index (χ2v) is 7.88. The molecule has 8 nitrogen and oxygen atoms in total. The lowest BCUT2D eigenvalue weighted by molar-refractivity contribution is 0.0286. The fourth-order valence-electron chi connectivity index (χ4n) is 4.23. The van der Waals surface area contributed by atoms with Gasteiger partial charge in [-0.25, -0.2) is 9.42 Å². The van der Waals surface area contributed by atoms with Gasteiger partial charge in [0, 0.05) is 38.6 Å². The molecule has 0 aliphatic carbocycles. The molecule has 2 fully saturated rings. The van der Waals surface area contributed by atoms with E-state index in [2.05, 4.69) is 26.2 Å². The summed E-state index contributed by atoms with van der Waals surface area (Å²) in [6.07, 6.45) is 0. The van der Waals surface area contributed by atoms with Crippen LogP contribution in [0.3, 0.4) is 0 Å². The molecule has 3 aromatic rings. The maximum absolute atomic E-state index is 11.7. The van der Waals surface area contributed by atoms with Crippen LogP contribution in [0.1, 0.15) is 10.4 Å². The lowest BCUT2D eigenvalue weighted by atomic mass is 9.96. The van der Waals surface area contributed by atoms with Crippen LogP contribution in [0.5, 0.6) is 0 Å². The third-order valence-electron chi connectivity index (χ3n) is 5.90. The first kappa shape index (κ1) is 19.0. The number of methoxy groups -OCH3 is 1. The van der Waals surface area contributed by atoms with Gasteiger partial charge < -0.3 is 14.4 Å². The predicted octanol–water partition coefficient (Wildman–Crippen LogP) is 2.44. The van der Waals surface area contributed by atoms with Gasteiger partial charge in [-0.2, -0.15) is 0 Å². The summed E-state index contributed by atoms with van der Waals surface area (Å²) in [5.74, 6) is 0.297. The summed E-state index contributed by atoms with van der Waals surface area (Å²) < 4.78 is 15.2. The number of benzene rings is 2. The minimum atomic E-state index is -0.342. The third kappa shape index (κ3) is 3.64. The van der Waals surface area contributed by atoms with Crippen molar-refractivity contribution < 1.29 is 18.9 Å². The first-order valence-corrected chi connectivity index (χ1v) is 10.2. The van der Waals surface area contributed by atoms with Crippen molar-refractivity contribution >= 4 is 22.7 Å². The van der Waals surface area contributed by atoms with E-state index in [1.807, 2.05) is 18.2 Å². The fourth-order valence-corrected chi connectivity index (χ4v) is 4.23. The van der Waals surface area contributed by atoms with Crippen LogP contribution in [0.4, 0.5) is 5.69 Å². The van der Waals surface area contributed by atoms with E-state index in [1.54, 1.807) is 12.1 Å². The SMILES string of the molecule is COC(=O)c1ccc(-c2cc(N3CC(CN4CCOCC4)C3)c3nonc3c2)cc1. The Bertz CT molecular complexity index is 1040. The van der Waals surface area contributed by atoms with Gasteiger partial charge >= 0.3 is 5.97 Å². The summed E-state index contributed by atoms with van der Waals surface area (Å²) in [6, 6.07) is 11.5. The van der Waals surface area contributed by atoms with Gasteiger partial charge in [-0.3, -0.25) is 4.90 Å². The minimum Gasteiger partial charge on any atom is -0.465 e. The van der Waals surface area contributed by atoms with E-state index in [9.17, 15) is 4.79 Å². The molecule has 0 amide bonds. The summed E-state index contributed by atoms with van der Waals surface area (Å²) >= 11 is 0. The van der Waals surface area contributed by atoms with Gasteiger partial charge in [0.25, 0.3) is 0 Å². The molecule has 2 aliphatic rings. The van der Waals surface area contributed by atoms with Crippen LogP contribution in [0.2, 0.25) is 0 Å². The van der Waals surface area contributed by atoms with Gasteiger partial charge in [-0.15, -0.1) is 0 Å². The van der Waals surface area contributed by atoms with E-state index in [4.69, 9.17) is 14.1 Å². The van der Waals surface area contributed by atoms with Crippen molar-refractivity contribution in [1.82, 2.24) is 15.2 Å². The third-order valence-corrected chi connectivity index (χ3v) is 5.90. The molecule has 30 heavy (non-hydrogen) atoms. The highest BCUT2D eigenvalue weighted by atomic mass is 16.6. The highest BCUT2D eigenvalue weighted by molar-refractivity contribution is 5.94. The largest absolute Gasteiger partial charge is 0.465 e. The zero-order chi connectivity index (χ0) is 20.5. The molecule has 2 aliphatic heterocycles. The van der Waals surface area contributed by atoms with Crippen LogP contribution in [0, 0.1) is 5.92 Å². The second-order valence-electron chi connectivity index (χ2n) is 7.88. The van der Waals surface area contributed by atoms with Crippen LogP contribution >= 0.6 is 0 Å². The Morgan fingerprint density at radius 1 is 1.10 bits per heavy atom. The van der Waals surface area contributed by atoms with E-state index in [-0.39, 0.29) is 5.97 Å². The van der Waals surface area contributed by atoms with Crippen molar-refractivity contribution in [2.24, 2.45) is 5.92 Å². The van der Waals surface area contributed by atoms with Crippen molar-refractivity contribution in [2.45, 2.75) is 0 Å². The van der Waals surface area contributed by atoms with Crippen LogP contribution in [-0.2, 0) is 9.47 Å². The zero-order valence-corrected chi connectivity index (χ0v) is 16.9. The maximum Gasteiger partial charge on any atom is 0.337 e. The average Bonchev–Trinajstić information content (AvgIpc) is 3.24. The van der Waals surface area contributed by atoms with Crippen molar-refractivity contribution in [3.63, 3.8) is 0 Å². The number of fused-ring (bicyclic) bond motifs is 1. The highest BCUT2D eigenvalue weighted by Crippen LogP contribution is 2.35. The molecule has 0 saturated carbocycles. The fraction of sp³-hybridized carbons (Fsp3) is 0.409. The molecule has 8 heteroatoms. The van der Waals surface area contributed by atoms with Crippen molar-refractivity contribution in [3.05, 3.63) is 42.0 Å². The van der Waals surface area contributed by atoms with Crippen LogP contribution in [0.25, 0.3) is 22.2 Å². The Hall–Kier alpha value is -2.97. The van der Waals surface area contributed by atoms with E-state index < -0.39 is 0 Å². The molecule has 1 aromatic heterocycles. The van der Waals surface area contributed by atoms with E-state index in [1.165, 1.54) is 7.11 Å². The zero-order valence-electron chi connectivity index (χ0n) is 16.9. The van der Waals surface area contributed by atoms with E-state index in [0.717, 1.165) is 73.8 Å². The molecule has 0 bridgehead atoms. The number of ether oxygens (including phenoxy) is 2. The lowest BCUT2D eigenvalue weighted by Gasteiger charge is -2.43. The van der Waals surface area contributed by atoms with Gasteiger partial charge in [-0.05, 0) is 45.7 Å². The molecule has 0 spiro atoms. The quantitative estimate of drug-likeness (QED) is 0.596. The molecule has 0 atom stereocenters. The molecule has 2 saturated heterocycles. The number of hydrogen-bond donors (Lipinski definition) is 0. The van der Waals surface area contributed by atoms with Gasteiger partial charge in [0.05, 0.1) is 31.6 Å². The normalized spacial score (nSPS) is 17.8. The van der Waals surface area contributed by atoms with Crippen molar-refractivity contribution in [2.75, 3.05) is 57.9 Å². The lowest BCUT2D eigenvalue weighted by Crippen LogP contribution is -2.53. The van der Waals surface area contributed by atoms with Crippen molar-refractivity contribution in [1.29, 1.82) is 0 Å². The summed E-state index contributed by atoms with van der Waals surface area (Å²) in [7, 11) is 1.38. The highest BCUT2D eigenvalue weighted by Gasteiger charge is 2.31. The molecule has 3 heterocycles. The monoisotopic (exact) mass is 408 g/mol. The number of rotatable bonds is 5. The molecular weight excluding hydrogens is 384 g/mol. The topological polar surface area (TPSA) is 80.9 Å². The van der Waals surface area contributed by atoms with Gasteiger partial charge in [-0.1, -0.05) is 12.1 Å². The first-order chi connectivity index (χ1) is 14.7. The molecule has 156 valence electrons. The van der Waals surface area contributed by atoms with E-state index >= 15 is 0 Å². The number of carbonyl (C=O) groups excluding carboxylic acids is 1.